The standard InChI is InChI=1S/C25H30N4O3S/c1-4-7-8-13-28-16-22(32-23(30)20-14-18(6-3)11-12-26-20)29(25(28)31)24-27-19-10-9-17(5-2)15-21(19)33-24/h9-12,14-15,22H,4-8,13,16H2,1-3H3. The Hall–Kier alpha value is -3.00. The number of rotatable bonds is 9. The highest BCUT2D eigenvalue weighted by molar-refractivity contribution is 7.22. The number of hydrogen-bond donors (Lipinski definition) is 0. The number of urea groups is 1. The lowest BCUT2D eigenvalue weighted by atomic mass is 10.2. The number of amides is 2. The van der Waals surface area contributed by atoms with Gasteiger partial charge in [0.1, 0.15) is 5.69 Å². The summed E-state index contributed by atoms with van der Waals surface area (Å²) >= 11 is 1.45. The molecule has 1 fully saturated rings. The number of pyridine rings is 1. The summed E-state index contributed by atoms with van der Waals surface area (Å²) in [7, 11) is 0. The van der Waals surface area contributed by atoms with Crippen molar-refractivity contribution >= 4 is 38.7 Å². The molecule has 1 atom stereocenters. The smallest absolute Gasteiger partial charge is 0.358 e. The van der Waals surface area contributed by atoms with Gasteiger partial charge in [-0.2, -0.15) is 0 Å². The molecular formula is C25H30N4O3S. The summed E-state index contributed by atoms with van der Waals surface area (Å²) in [5, 5.41) is 0.550. The second kappa shape index (κ2) is 10.3. The van der Waals surface area contributed by atoms with Gasteiger partial charge >= 0.3 is 12.0 Å². The monoisotopic (exact) mass is 466 g/mol. The molecule has 8 heteroatoms. The van der Waals surface area contributed by atoms with Crippen molar-refractivity contribution in [2.75, 3.05) is 18.0 Å². The van der Waals surface area contributed by atoms with Gasteiger partial charge < -0.3 is 9.64 Å². The molecule has 1 saturated heterocycles. The SMILES string of the molecule is CCCCCN1CC(OC(=O)c2cc(CC)ccn2)N(c2nc3ccc(CC)cc3s2)C1=O. The van der Waals surface area contributed by atoms with Crippen LogP contribution in [0.5, 0.6) is 0 Å². The minimum atomic E-state index is -0.745. The fourth-order valence-electron chi connectivity index (χ4n) is 3.93. The second-order valence-corrected chi connectivity index (χ2v) is 9.23. The number of carbonyl (C=O) groups is 2. The van der Waals surface area contributed by atoms with Crippen LogP contribution in [0.3, 0.4) is 0 Å². The summed E-state index contributed by atoms with van der Waals surface area (Å²) in [6, 6.07) is 9.59. The Kier molecular flexibility index (Phi) is 7.23. The minimum absolute atomic E-state index is 0.172. The van der Waals surface area contributed by atoms with E-state index < -0.39 is 12.2 Å². The Bertz CT molecular complexity index is 1150. The average molecular weight is 467 g/mol. The highest BCUT2D eigenvalue weighted by Gasteiger charge is 2.42. The normalized spacial score (nSPS) is 16.1. The van der Waals surface area contributed by atoms with Crippen LogP contribution >= 0.6 is 11.3 Å². The van der Waals surface area contributed by atoms with Crippen LogP contribution in [0.15, 0.2) is 36.5 Å². The van der Waals surface area contributed by atoms with Crippen molar-refractivity contribution in [2.24, 2.45) is 0 Å². The quantitative estimate of drug-likeness (QED) is 0.310. The molecule has 4 rings (SSSR count). The molecule has 3 aromatic rings. The lowest BCUT2D eigenvalue weighted by Gasteiger charge is -2.20. The molecular weight excluding hydrogens is 436 g/mol. The van der Waals surface area contributed by atoms with Crippen molar-refractivity contribution in [1.29, 1.82) is 0 Å². The van der Waals surface area contributed by atoms with Gasteiger partial charge in [-0.3, -0.25) is 0 Å². The predicted molar refractivity (Wildman–Crippen MR) is 131 cm³/mol. The number of benzene rings is 1. The molecule has 0 bridgehead atoms. The van der Waals surface area contributed by atoms with E-state index >= 15 is 0 Å². The first kappa shape index (κ1) is 23.2. The van der Waals surface area contributed by atoms with E-state index in [0.29, 0.717) is 18.2 Å². The maximum atomic E-state index is 13.3. The van der Waals surface area contributed by atoms with Crippen LogP contribution < -0.4 is 4.90 Å². The number of nitrogens with zero attached hydrogens (tertiary/aromatic N) is 4. The summed E-state index contributed by atoms with van der Waals surface area (Å²) < 4.78 is 6.86. The average Bonchev–Trinajstić information content (AvgIpc) is 3.38. The molecule has 1 aliphatic rings. The predicted octanol–water partition coefficient (Wildman–Crippen LogP) is 5.43. The number of hydrogen-bond acceptors (Lipinski definition) is 6. The summed E-state index contributed by atoms with van der Waals surface area (Å²) in [4.78, 5) is 38.4. The number of ether oxygens (including phenoxy) is 1. The molecule has 1 aliphatic heterocycles. The van der Waals surface area contributed by atoms with Gasteiger partial charge in [0, 0.05) is 12.7 Å². The maximum absolute atomic E-state index is 13.3. The Morgan fingerprint density at radius 1 is 1.12 bits per heavy atom. The van der Waals surface area contributed by atoms with Gasteiger partial charge in [0.25, 0.3) is 0 Å². The molecule has 174 valence electrons. The molecule has 0 N–H and O–H groups in total. The van der Waals surface area contributed by atoms with Gasteiger partial charge in [-0.1, -0.05) is 51.0 Å². The summed E-state index contributed by atoms with van der Waals surface area (Å²) in [6.07, 6.45) is 5.63. The maximum Gasteiger partial charge on any atom is 0.358 e. The highest BCUT2D eigenvalue weighted by atomic mass is 32.1. The van der Waals surface area contributed by atoms with Crippen LogP contribution in [0, 0.1) is 0 Å². The Labute approximate surface area is 198 Å². The lowest BCUT2D eigenvalue weighted by Crippen LogP contribution is -2.37. The zero-order valence-electron chi connectivity index (χ0n) is 19.4. The number of esters is 1. The molecule has 0 spiro atoms. The van der Waals surface area contributed by atoms with Gasteiger partial charge in [-0.25, -0.2) is 24.5 Å². The highest BCUT2D eigenvalue weighted by Crippen LogP contribution is 2.34. The molecule has 1 unspecified atom stereocenters. The Morgan fingerprint density at radius 3 is 2.67 bits per heavy atom. The number of anilines is 1. The molecule has 7 nitrogen and oxygen atoms in total. The van der Waals surface area contributed by atoms with E-state index in [-0.39, 0.29) is 11.7 Å². The molecule has 0 saturated carbocycles. The number of carbonyl (C=O) groups excluding carboxylic acids is 2. The van der Waals surface area contributed by atoms with Crippen LogP contribution in [0.25, 0.3) is 10.2 Å². The van der Waals surface area contributed by atoms with E-state index in [4.69, 9.17) is 9.72 Å². The molecule has 33 heavy (non-hydrogen) atoms. The second-order valence-electron chi connectivity index (χ2n) is 8.22. The van der Waals surface area contributed by atoms with Gasteiger partial charge in [0.05, 0.1) is 16.8 Å². The third kappa shape index (κ3) is 5.00. The molecule has 0 aliphatic carbocycles. The topological polar surface area (TPSA) is 75.6 Å². The first-order valence-electron chi connectivity index (χ1n) is 11.7. The van der Waals surface area contributed by atoms with E-state index in [1.54, 1.807) is 17.2 Å². The molecule has 2 aromatic heterocycles. The zero-order chi connectivity index (χ0) is 23.4. The van der Waals surface area contributed by atoms with Crippen molar-refractivity contribution in [1.82, 2.24) is 14.9 Å². The largest absolute Gasteiger partial charge is 0.434 e. The van der Waals surface area contributed by atoms with Crippen LogP contribution in [0.1, 0.15) is 61.6 Å². The van der Waals surface area contributed by atoms with E-state index in [1.165, 1.54) is 21.8 Å². The zero-order valence-corrected chi connectivity index (χ0v) is 20.2. The Balaban J connectivity index is 1.62. The van der Waals surface area contributed by atoms with Crippen molar-refractivity contribution in [3.63, 3.8) is 0 Å². The van der Waals surface area contributed by atoms with Crippen molar-refractivity contribution in [3.8, 4) is 0 Å². The molecule has 0 radical (unpaired) electrons. The van der Waals surface area contributed by atoms with Gasteiger partial charge in [-0.15, -0.1) is 0 Å². The first-order chi connectivity index (χ1) is 16.0. The summed E-state index contributed by atoms with van der Waals surface area (Å²) in [5.74, 6) is -0.530. The molecule has 1 aromatic carbocycles. The van der Waals surface area contributed by atoms with Gasteiger partial charge in [0.15, 0.2) is 5.13 Å². The van der Waals surface area contributed by atoms with E-state index in [0.717, 1.165) is 47.9 Å². The van der Waals surface area contributed by atoms with Crippen LogP contribution in [0.4, 0.5) is 9.93 Å². The molecule has 2 amide bonds. The number of unbranched alkanes of at least 4 members (excludes halogenated alkanes) is 2. The lowest BCUT2D eigenvalue weighted by molar-refractivity contribution is 0.0318. The van der Waals surface area contributed by atoms with Crippen molar-refractivity contribution < 1.29 is 14.3 Å². The fraction of sp³-hybridized carbons (Fsp3) is 0.440. The van der Waals surface area contributed by atoms with Crippen LogP contribution in [0.2, 0.25) is 0 Å². The fourth-order valence-corrected chi connectivity index (χ4v) is 4.99. The van der Waals surface area contributed by atoms with Crippen LogP contribution in [-0.2, 0) is 17.6 Å². The summed E-state index contributed by atoms with van der Waals surface area (Å²) in [6.45, 7) is 7.21. The van der Waals surface area contributed by atoms with Crippen LogP contribution in [-0.4, -0.2) is 46.2 Å². The number of aryl methyl sites for hydroxylation is 2. The van der Waals surface area contributed by atoms with Crippen molar-refractivity contribution in [3.05, 3.63) is 53.3 Å². The van der Waals surface area contributed by atoms with Gasteiger partial charge in [-0.05, 0) is 54.7 Å². The third-order valence-corrected chi connectivity index (χ3v) is 6.93. The minimum Gasteiger partial charge on any atom is -0.434 e. The van der Waals surface area contributed by atoms with Gasteiger partial charge in [0.2, 0.25) is 6.23 Å². The van der Waals surface area contributed by atoms with Crippen molar-refractivity contribution in [2.45, 2.75) is 59.1 Å². The number of fused-ring (bicyclic) bond motifs is 1. The first-order valence-corrected chi connectivity index (χ1v) is 12.5. The third-order valence-electron chi connectivity index (χ3n) is 5.91. The van der Waals surface area contributed by atoms with E-state index in [2.05, 4.69) is 31.0 Å². The van der Waals surface area contributed by atoms with E-state index in [9.17, 15) is 9.59 Å². The molecule has 3 heterocycles. The summed E-state index contributed by atoms with van der Waals surface area (Å²) in [5.41, 5.74) is 3.32. The van der Waals surface area contributed by atoms with E-state index in [1.807, 2.05) is 19.1 Å². The number of aromatic nitrogens is 2. The Morgan fingerprint density at radius 2 is 1.91 bits per heavy atom. The number of thiazole rings is 1.